The Labute approximate surface area is 112 Å². The van der Waals surface area contributed by atoms with Gasteiger partial charge in [-0.1, -0.05) is 0 Å². The molecule has 0 spiro atoms. The van der Waals surface area contributed by atoms with Gasteiger partial charge in [0.1, 0.15) is 5.75 Å². The number of amides is 1. The van der Waals surface area contributed by atoms with Crippen molar-refractivity contribution in [3.05, 3.63) is 58.9 Å². The van der Waals surface area contributed by atoms with Crippen molar-refractivity contribution in [2.24, 2.45) is 0 Å². The zero-order chi connectivity index (χ0) is 13.8. The van der Waals surface area contributed by atoms with Gasteiger partial charge in [0.2, 0.25) is 0 Å². The molecule has 0 radical (unpaired) electrons. The molecule has 4 nitrogen and oxygen atoms in total. The summed E-state index contributed by atoms with van der Waals surface area (Å²) >= 11 is 0. The maximum absolute atomic E-state index is 12.0. The molecule has 1 amide bonds. The second-order valence-electron chi connectivity index (χ2n) is 4.49. The molecule has 2 N–H and O–H groups in total. The lowest BCUT2D eigenvalue weighted by Gasteiger charge is -2.08. The van der Waals surface area contributed by atoms with Crippen molar-refractivity contribution >= 4 is 5.91 Å². The van der Waals surface area contributed by atoms with Crippen LogP contribution in [0.4, 0.5) is 0 Å². The van der Waals surface area contributed by atoms with Crippen molar-refractivity contribution in [1.82, 2.24) is 10.3 Å². The van der Waals surface area contributed by atoms with Crippen molar-refractivity contribution < 1.29 is 9.90 Å². The quantitative estimate of drug-likeness (QED) is 0.886. The Morgan fingerprint density at radius 3 is 2.74 bits per heavy atom. The van der Waals surface area contributed by atoms with Gasteiger partial charge in [-0.3, -0.25) is 9.78 Å². The van der Waals surface area contributed by atoms with Crippen LogP contribution in [0, 0.1) is 13.8 Å². The minimum absolute atomic E-state index is 0.161. The van der Waals surface area contributed by atoms with E-state index in [4.69, 9.17) is 0 Å². The number of phenolic OH excluding ortho intramolecular Hbond substituents is 1. The largest absolute Gasteiger partial charge is 0.508 e. The SMILES string of the molecule is Cc1cc(C(=O)NCc2cnccc2C)ccc1O. The van der Waals surface area contributed by atoms with E-state index in [2.05, 4.69) is 10.3 Å². The normalized spacial score (nSPS) is 10.2. The average molecular weight is 256 g/mol. The lowest BCUT2D eigenvalue weighted by Crippen LogP contribution is -2.23. The molecule has 4 heteroatoms. The van der Waals surface area contributed by atoms with Gasteiger partial charge < -0.3 is 10.4 Å². The zero-order valence-corrected chi connectivity index (χ0v) is 11.0. The van der Waals surface area contributed by atoms with Gasteiger partial charge in [-0.25, -0.2) is 0 Å². The maximum Gasteiger partial charge on any atom is 0.251 e. The first kappa shape index (κ1) is 13.1. The number of aryl methyl sites for hydroxylation is 2. The van der Waals surface area contributed by atoms with Gasteiger partial charge in [0.05, 0.1) is 0 Å². The van der Waals surface area contributed by atoms with Crippen LogP contribution in [-0.4, -0.2) is 16.0 Å². The van der Waals surface area contributed by atoms with E-state index >= 15 is 0 Å². The molecule has 0 saturated heterocycles. The summed E-state index contributed by atoms with van der Waals surface area (Å²) in [6.07, 6.45) is 3.47. The number of rotatable bonds is 3. The average Bonchev–Trinajstić information content (AvgIpc) is 2.40. The van der Waals surface area contributed by atoms with Gasteiger partial charge in [-0.2, -0.15) is 0 Å². The van der Waals surface area contributed by atoms with Crippen molar-refractivity contribution in [1.29, 1.82) is 0 Å². The minimum Gasteiger partial charge on any atom is -0.508 e. The van der Waals surface area contributed by atoms with Crippen LogP contribution in [0.15, 0.2) is 36.7 Å². The minimum atomic E-state index is -0.161. The number of pyridine rings is 1. The number of carbonyl (C=O) groups excluding carboxylic acids is 1. The molecule has 0 aliphatic heterocycles. The van der Waals surface area contributed by atoms with Crippen LogP contribution in [0.2, 0.25) is 0 Å². The van der Waals surface area contributed by atoms with Crippen molar-refractivity contribution in [3.63, 3.8) is 0 Å². The number of phenols is 1. The Kier molecular flexibility index (Phi) is 3.80. The fraction of sp³-hybridized carbons (Fsp3) is 0.200. The fourth-order valence-electron chi connectivity index (χ4n) is 1.76. The Balaban J connectivity index is 2.05. The topological polar surface area (TPSA) is 62.2 Å². The van der Waals surface area contributed by atoms with Crippen LogP contribution in [0.1, 0.15) is 27.0 Å². The molecule has 0 bridgehead atoms. The molecule has 19 heavy (non-hydrogen) atoms. The third kappa shape index (κ3) is 3.10. The van der Waals surface area contributed by atoms with E-state index in [-0.39, 0.29) is 11.7 Å². The molecule has 1 aromatic carbocycles. The summed E-state index contributed by atoms with van der Waals surface area (Å²) in [4.78, 5) is 16.0. The lowest BCUT2D eigenvalue weighted by molar-refractivity contribution is 0.0951. The molecule has 98 valence electrons. The fourth-order valence-corrected chi connectivity index (χ4v) is 1.76. The number of aromatic hydroxyl groups is 1. The Hall–Kier alpha value is -2.36. The van der Waals surface area contributed by atoms with Gasteiger partial charge in [-0.05, 0) is 54.8 Å². The number of nitrogens with one attached hydrogen (secondary N) is 1. The molecule has 0 unspecified atom stereocenters. The second-order valence-corrected chi connectivity index (χ2v) is 4.49. The Bertz CT molecular complexity index is 609. The summed E-state index contributed by atoms with van der Waals surface area (Å²) in [5.41, 5.74) is 3.31. The van der Waals surface area contributed by atoms with Crippen LogP contribution in [-0.2, 0) is 6.54 Å². The maximum atomic E-state index is 12.0. The van der Waals surface area contributed by atoms with Crippen molar-refractivity contribution in [2.75, 3.05) is 0 Å². The predicted octanol–water partition coefficient (Wildman–Crippen LogP) is 2.33. The van der Waals surface area contributed by atoms with Crippen LogP contribution < -0.4 is 5.32 Å². The standard InChI is InChI=1S/C15H16N2O2/c1-10-5-6-16-8-13(10)9-17-15(19)12-3-4-14(18)11(2)7-12/h3-8,18H,9H2,1-2H3,(H,17,19). The lowest BCUT2D eigenvalue weighted by atomic mass is 10.1. The summed E-state index contributed by atoms with van der Waals surface area (Å²) in [6.45, 7) is 4.18. The van der Waals surface area contributed by atoms with Crippen LogP contribution in [0.25, 0.3) is 0 Å². The van der Waals surface area contributed by atoms with Crippen LogP contribution in [0.5, 0.6) is 5.75 Å². The van der Waals surface area contributed by atoms with Gasteiger partial charge >= 0.3 is 0 Å². The number of aromatic nitrogens is 1. The van der Waals surface area contributed by atoms with E-state index in [1.165, 1.54) is 6.07 Å². The third-order valence-corrected chi connectivity index (χ3v) is 3.05. The van der Waals surface area contributed by atoms with Gasteiger partial charge in [0.15, 0.2) is 0 Å². The van der Waals surface area contributed by atoms with Crippen molar-refractivity contribution in [3.8, 4) is 5.75 Å². The zero-order valence-electron chi connectivity index (χ0n) is 11.0. The number of carbonyl (C=O) groups is 1. The first-order valence-corrected chi connectivity index (χ1v) is 6.05. The van der Waals surface area contributed by atoms with E-state index < -0.39 is 0 Å². The van der Waals surface area contributed by atoms with E-state index in [1.54, 1.807) is 31.5 Å². The Morgan fingerprint density at radius 2 is 2.05 bits per heavy atom. The summed E-state index contributed by atoms with van der Waals surface area (Å²) in [5, 5.41) is 12.3. The monoisotopic (exact) mass is 256 g/mol. The van der Waals surface area contributed by atoms with E-state index in [9.17, 15) is 9.90 Å². The smallest absolute Gasteiger partial charge is 0.251 e. The second kappa shape index (κ2) is 5.52. The molecule has 0 fully saturated rings. The van der Waals surface area contributed by atoms with Crippen molar-refractivity contribution in [2.45, 2.75) is 20.4 Å². The highest BCUT2D eigenvalue weighted by molar-refractivity contribution is 5.94. The van der Waals surface area contributed by atoms with E-state index in [0.717, 1.165) is 11.1 Å². The third-order valence-electron chi connectivity index (χ3n) is 3.05. The molecule has 2 rings (SSSR count). The first-order chi connectivity index (χ1) is 9.08. The van der Waals surface area contributed by atoms with E-state index in [0.29, 0.717) is 17.7 Å². The summed E-state index contributed by atoms with van der Waals surface area (Å²) in [5.74, 6) is 0.0333. The highest BCUT2D eigenvalue weighted by Crippen LogP contribution is 2.17. The summed E-state index contributed by atoms with van der Waals surface area (Å²) in [6, 6.07) is 6.71. The van der Waals surface area contributed by atoms with Gasteiger partial charge in [-0.15, -0.1) is 0 Å². The highest BCUT2D eigenvalue weighted by atomic mass is 16.3. The number of hydrogen-bond donors (Lipinski definition) is 2. The molecule has 0 atom stereocenters. The van der Waals surface area contributed by atoms with E-state index in [1.807, 2.05) is 13.0 Å². The molecular weight excluding hydrogens is 240 g/mol. The molecule has 0 aliphatic rings. The molecular formula is C15H16N2O2. The first-order valence-electron chi connectivity index (χ1n) is 6.05. The number of benzene rings is 1. The number of hydrogen-bond acceptors (Lipinski definition) is 3. The summed E-state index contributed by atoms with van der Waals surface area (Å²) in [7, 11) is 0. The van der Waals surface area contributed by atoms with Crippen LogP contribution >= 0.6 is 0 Å². The molecule has 1 aromatic heterocycles. The molecule has 2 aromatic rings. The molecule has 1 heterocycles. The highest BCUT2D eigenvalue weighted by Gasteiger charge is 2.07. The van der Waals surface area contributed by atoms with Gasteiger partial charge in [0, 0.05) is 24.5 Å². The van der Waals surface area contributed by atoms with Crippen LogP contribution in [0.3, 0.4) is 0 Å². The number of nitrogens with zero attached hydrogens (tertiary/aromatic N) is 1. The summed E-state index contributed by atoms with van der Waals surface area (Å²) < 4.78 is 0. The van der Waals surface area contributed by atoms with Gasteiger partial charge in [0.25, 0.3) is 5.91 Å². The Morgan fingerprint density at radius 1 is 1.26 bits per heavy atom. The molecule has 0 saturated carbocycles. The molecule has 0 aliphatic carbocycles. The predicted molar refractivity (Wildman–Crippen MR) is 73.0 cm³/mol.